The Balaban J connectivity index is 2.19. The molecular formula is C9H17N. The second-order valence-electron chi connectivity index (χ2n) is 4.52. The van der Waals surface area contributed by atoms with E-state index in [0.29, 0.717) is 11.0 Å². The van der Waals surface area contributed by atoms with Crippen LogP contribution in [0.5, 0.6) is 0 Å². The van der Waals surface area contributed by atoms with Crippen LogP contribution in [0.25, 0.3) is 0 Å². The predicted molar refractivity (Wildman–Crippen MR) is 43.0 cm³/mol. The van der Waals surface area contributed by atoms with Gasteiger partial charge in [0.25, 0.3) is 0 Å². The van der Waals surface area contributed by atoms with Crippen molar-refractivity contribution in [3.05, 3.63) is 0 Å². The van der Waals surface area contributed by atoms with E-state index in [1.807, 2.05) is 0 Å². The van der Waals surface area contributed by atoms with Crippen molar-refractivity contribution in [1.82, 2.24) is 5.32 Å². The van der Waals surface area contributed by atoms with E-state index < -0.39 is 0 Å². The molecule has 0 saturated heterocycles. The first kappa shape index (κ1) is 6.66. The molecule has 0 radical (unpaired) electrons. The molecular weight excluding hydrogens is 122 g/mol. The Morgan fingerprint density at radius 1 is 1.10 bits per heavy atom. The number of rotatable bonds is 1. The van der Waals surface area contributed by atoms with E-state index in [-0.39, 0.29) is 0 Å². The molecule has 58 valence electrons. The zero-order valence-corrected chi connectivity index (χ0v) is 7.04. The van der Waals surface area contributed by atoms with Crippen LogP contribution in [-0.4, -0.2) is 12.6 Å². The van der Waals surface area contributed by atoms with E-state index in [0.717, 1.165) is 0 Å². The Hall–Kier alpha value is -0.0400. The smallest absolute Gasteiger partial charge is 0.0184 e. The van der Waals surface area contributed by atoms with Crippen LogP contribution in [0.1, 0.15) is 39.0 Å². The summed E-state index contributed by atoms with van der Waals surface area (Å²) in [6.07, 6.45) is 7.16. The van der Waals surface area contributed by atoms with Crippen molar-refractivity contribution in [2.45, 2.75) is 44.6 Å². The van der Waals surface area contributed by atoms with Gasteiger partial charge in [0.1, 0.15) is 0 Å². The molecule has 2 aliphatic rings. The molecule has 0 unspecified atom stereocenters. The summed E-state index contributed by atoms with van der Waals surface area (Å²) in [5.41, 5.74) is 1.28. The summed E-state index contributed by atoms with van der Waals surface area (Å²) in [6.45, 7) is 2.44. The summed E-state index contributed by atoms with van der Waals surface area (Å²) in [5.74, 6) is 0. The standard InChI is InChI=1S/C9H17N/c1-8-3-5-9(7-8,10-2)6-4-8/h10H,3-7H2,1-2H3. The molecule has 0 atom stereocenters. The normalized spacial score (nSPS) is 52.2. The summed E-state index contributed by atoms with van der Waals surface area (Å²) in [7, 11) is 2.12. The fourth-order valence-electron chi connectivity index (χ4n) is 2.84. The first-order chi connectivity index (χ1) is 4.68. The number of hydrogen-bond acceptors (Lipinski definition) is 1. The highest BCUT2D eigenvalue weighted by atomic mass is 15.0. The third-order valence-corrected chi connectivity index (χ3v) is 3.71. The van der Waals surface area contributed by atoms with Gasteiger partial charge in [0.15, 0.2) is 0 Å². The number of nitrogens with one attached hydrogen (secondary N) is 1. The highest BCUT2D eigenvalue weighted by Crippen LogP contribution is 2.55. The van der Waals surface area contributed by atoms with Gasteiger partial charge in [0.2, 0.25) is 0 Å². The van der Waals surface area contributed by atoms with Crippen LogP contribution >= 0.6 is 0 Å². The van der Waals surface area contributed by atoms with Crippen LogP contribution in [0.15, 0.2) is 0 Å². The van der Waals surface area contributed by atoms with Crippen molar-refractivity contribution < 1.29 is 0 Å². The number of hydrogen-bond donors (Lipinski definition) is 1. The van der Waals surface area contributed by atoms with Crippen molar-refractivity contribution in [2.24, 2.45) is 5.41 Å². The van der Waals surface area contributed by atoms with Crippen molar-refractivity contribution in [2.75, 3.05) is 7.05 Å². The summed E-state index contributed by atoms with van der Waals surface area (Å²) in [4.78, 5) is 0. The van der Waals surface area contributed by atoms with Gasteiger partial charge < -0.3 is 5.32 Å². The molecule has 2 rings (SSSR count). The van der Waals surface area contributed by atoms with E-state index >= 15 is 0 Å². The Kier molecular flexibility index (Phi) is 1.17. The van der Waals surface area contributed by atoms with Gasteiger partial charge in [-0.25, -0.2) is 0 Å². The lowest BCUT2D eigenvalue weighted by atomic mass is 9.86. The van der Waals surface area contributed by atoms with Crippen molar-refractivity contribution in [3.63, 3.8) is 0 Å². The van der Waals surface area contributed by atoms with Gasteiger partial charge in [-0.3, -0.25) is 0 Å². The van der Waals surface area contributed by atoms with Gasteiger partial charge in [0.05, 0.1) is 0 Å². The monoisotopic (exact) mass is 139 g/mol. The Morgan fingerprint density at radius 2 is 1.70 bits per heavy atom. The molecule has 0 heterocycles. The van der Waals surface area contributed by atoms with E-state index in [4.69, 9.17) is 0 Å². The molecule has 10 heavy (non-hydrogen) atoms. The molecule has 2 saturated carbocycles. The van der Waals surface area contributed by atoms with Crippen LogP contribution in [0.4, 0.5) is 0 Å². The molecule has 0 aliphatic heterocycles. The topological polar surface area (TPSA) is 12.0 Å². The molecule has 0 aromatic rings. The van der Waals surface area contributed by atoms with E-state index in [1.54, 1.807) is 0 Å². The Labute approximate surface area is 63.2 Å². The molecule has 0 aromatic heterocycles. The minimum atomic E-state index is 0.564. The average Bonchev–Trinajstić information content (AvgIpc) is 2.42. The summed E-state index contributed by atoms with van der Waals surface area (Å²) >= 11 is 0. The minimum absolute atomic E-state index is 0.564. The second kappa shape index (κ2) is 1.76. The van der Waals surface area contributed by atoms with Gasteiger partial charge >= 0.3 is 0 Å². The quantitative estimate of drug-likeness (QED) is 0.585. The van der Waals surface area contributed by atoms with Crippen molar-refractivity contribution in [1.29, 1.82) is 0 Å². The van der Waals surface area contributed by atoms with Gasteiger partial charge in [0, 0.05) is 5.54 Å². The van der Waals surface area contributed by atoms with E-state index in [2.05, 4.69) is 19.3 Å². The molecule has 1 N–H and O–H groups in total. The van der Waals surface area contributed by atoms with Gasteiger partial charge in [-0.15, -0.1) is 0 Å². The third-order valence-electron chi connectivity index (χ3n) is 3.71. The molecule has 2 aliphatic carbocycles. The molecule has 2 fully saturated rings. The summed E-state index contributed by atoms with van der Waals surface area (Å²) in [5, 5.41) is 3.49. The maximum Gasteiger partial charge on any atom is 0.0184 e. The highest BCUT2D eigenvalue weighted by Gasteiger charge is 2.50. The van der Waals surface area contributed by atoms with Crippen LogP contribution in [0.3, 0.4) is 0 Å². The van der Waals surface area contributed by atoms with Crippen LogP contribution in [0.2, 0.25) is 0 Å². The van der Waals surface area contributed by atoms with E-state index in [1.165, 1.54) is 32.1 Å². The summed E-state index contributed by atoms with van der Waals surface area (Å²) in [6, 6.07) is 0. The fourth-order valence-corrected chi connectivity index (χ4v) is 2.84. The first-order valence-corrected chi connectivity index (χ1v) is 4.37. The van der Waals surface area contributed by atoms with Crippen molar-refractivity contribution >= 4 is 0 Å². The Bertz CT molecular complexity index is 143. The van der Waals surface area contributed by atoms with Crippen LogP contribution in [-0.2, 0) is 0 Å². The lowest BCUT2D eigenvalue weighted by molar-refractivity contribution is 0.317. The SMILES string of the molecule is CNC12CCC(C)(CC1)C2. The molecule has 1 heteroatoms. The maximum atomic E-state index is 3.49. The first-order valence-electron chi connectivity index (χ1n) is 4.37. The van der Waals surface area contributed by atoms with Crippen LogP contribution in [0, 0.1) is 5.41 Å². The van der Waals surface area contributed by atoms with Crippen LogP contribution < -0.4 is 5.32 Å². The third kappa shape index (κ3) is 0.731. The lowest BCUT2D eigenvalue weighted by Gasteiger charge is -2.25. The second-order valence-corrected chi connectivity index (χ2v) is 4.52. The molecule has 0 amide bonds. The summed E-state index contributed by atoms with van der Waals surface area (Å²) < 4.78 is 0. The van der Waals surface area contributed by atoms with E-state index in [9.17, 15) is 0 Å². The van der Waals surface area contributed by atoms with Gasteiger partial charge in [-0.1, -0.05) is 6.92 Å². The average molecular weight is 139 g/mol. The van der Waals surface area contributed by atoms with Gasteiger partial charge in [-0.05, 0) is 44.6 Å². The zero-order chi connectivity index (χ0) is 7.24. The Morgan fingerprint density at radius 3 is 1.90 bits per heavy atom. The van der Waals surface area contributed by atoms with Gasteiger partial charge in [-0.2, -0.15) is 0 Å². The molecule has 1 nitrogen and oxygen atoms in total. The maximum absolute atomic E-state index is 3.49. The minimum Gasteiger partial charge on any atom is -0.314 e. The zero-order valence-electron chi connectivity index (χ0n) is 7.04. The van der Waals surface area contributed by atoms with Crippen molar-refractivity contribution in [3.8, 4) is 0 Å². The molecule has 0 aromatic carbocycles. The fraction of sp³-hybridized carbons (Fsp3) is 1.00. The predicted octanol–water partition coefficient (Wildman–Crippen LogP) is 1.93. The lowest BCUT2D eigenvalue weighted by Crippen LogP contribution is -2.37. The molecule has 0 spiro atoms. The largest absolute Gasteiger partial charge is 0.314 e. The number of fused-ring (bicyclic) bond motifs is 2. The molecule has 2 bridgehead atoms. The highest BCUT2D eigenvalue weighted by molar-refractivity contribution is 5.07.